The predicted octanol–water partition coefficient (Wildman–Crippen LogP) is 1.58. The summed E-state index contributed by atoms with van der Waals surface area (Å²) in [6.45, 7) is 2.03. The Morgan fingerprint density at radius 3 is 2.55 bits per heavy atom. The van der Waals surface area contributed by atoms with Crippen LogP contribution >= 0.6 is 0 Å². The van der Waals surface area contributed by atoms with E-state index in [0.29, 0.717) is 12.2 Å². The number of aldehydes is 1. The van der Waals surface area contributed by atoms with Crippen LogP contribution in [0.2, 0.25) is 0 Å². The van der Waals surface area contributed by atoms with E-state index in [0.717, 1.165) is 25.5 Å². The van der Waals surface area contributed by atoms with Crippen LogP contribution in [0, 0.1) is 11.8 Å². The van der Waals surface area contributed by atoms with E-state index in [4.69, 9.17) is 0 Å². The molecule has 62 valence electrons. The summed E-state index contributed by atoms with van der Waals surface area (Å²) in [6, 6.07) is 0. The van der Waals surface area contributed by atoms with E-state index in [-0.39, 0.29) is 11.8 Å². The highest BCUT2D eigenvalue weighted by atomic mass is 16.1. The van der Waals surface area contributed by atoms with Crippen molar-refractivity contribution in [2.75, 3.05) is 0 Å². The lowest BCUT2D eigenvalue weighted by atomic mass is 9.99. The zero-order valence-electron chi connectivity index (χ0n) is 6.88. The van der Waals surface area contributed by atoms with E-state index < -0.39 is 0 Å². The molecule has 2 unspecified atom stereocenters. The quantitative estimate of drug-likeness (QED) is 0.578. The molecule has 1 aliphatic rings. The number of hydrogen-bond donors (Lipinski definition) is 0. The monoisotopic (exact) mass is 154 g/mol. The predicted molar refractivity (Wildman–Crippen MR) is 42.2 cm³/mol. The Morgan fingerprint density at radius 1 is 1.45 bits per heavy atom. The summed E-state index contributed by atoms with van der Waals surface area (Å²) in [5, 5.41) is 0. The van der Waals surface area contributed by atoms with Gasteiger partial charge in [0.05, 0.1) is 0 Å². The minimum absolute atomic E-state index is 0.0532. The highest BCUT2D eigenvalue weighted by molar-refractivity contribution is 5.87. The summed E-state index contributed by atoms with van der Waals surface area (Å²) in [6.07, 6.45) is 4.16. The van der Waals surface area contributed by atoms with Gasteiger partial charge in [-0.25, -0.2) is 0 Å². The summed E-state index contributed by atoms with van der Waals surface area (Å²) in [7, 11) is 0. The van der Waals surface area contributed by atoms with Crippen LogP contribution in [0.5, 0.6) is 0 Å². The zero-order valence-corrected chi connectivity index (χ0v) is 6.88. The van der Waals surface area contributed by atoms with Crippen molar-refractivity contribution < 1.29 is 9.59 Å². The number of carbonyl (C=O) groups excluding carboxylic acids is 2. The fourth-order valence-corrected chi connectivity index (χ4v) is 1.78. The average molecular weight is 154 g/mol. The second-order valence-corrected chi connectivity index (χ2v) is 3.18. The Morgan fingerprint density at radius 2 is 2.09 bits per heavy atom. The van der Waals surface area contributed by atoms with Crippen LogP contribution in [0.15, 0.2) is 0 Å². The van der Waals surface area contributed by atoms with E-state index in [9.17, 15) is 9.59 Å². The van der Waals surface area contributed by atoms with Gasteiger partial charge in [-0.15, -0.1) is 0 Å². The molecule has 1 aliphatic carbocycles. The van der Waals surface area contributed by atoms with Gasteiger partial charge in [0, 0.05) is 18.3 Å². The molecule has 1 saturated carbocycles. The van der Waals surface area contributed by atoms with Crippen LogP contribution in [0.3, 0.4) is 0 Å². The van der Waals surface area contributed by atoms with Crippen LogP contribution < -0.4 is 0 Å². The van der Waals surface area contributed by atoms with Crippen molar-refractivity contribution in [3.05, 3.63) is 0 Å². The fraction of sp³-hybridized carbons (Fsp3) is 0.778. The average Bonchev–Trinajstić information content (AvgIpc) is 2.34. The molecule has 2 atom stereocenters. The lowest BCUT2D eigenvalue weighted by Gasteiger charge is -2.04. The second-order valence-electron chi connectivity index (χ2n) is 3.18. The fourth-order valence-electron chi connectivity index (χ4n) is 1.78. The molecule has 11 heavy (non-hydrogen) atoms. The first-order valence-corrected chi connectivity index (χ1v) is 4.27. The summed E-state index contributed by atoms with van der Waals surface area (Å²) in [5.41, 5.74) is 0. The van der Waals surface area contributed by atoms with Crippen molar-refractivity contribution in [1.29, 1.82) is 0 Å². The third kappa shape index (κ3) is 1.67. The normalized spacial score (nSPS) is 30.8. The molecule has 0 heterocycles. The molecule has 1 fully saturated rings. The molecule has 0 radical (unpaired) electrons. The Balaban J connectivity index is 2.48. The van der Waals surface area contributed by atoms with E-state index in [1.54, 1.807) is 0 Å². The highest BCUT2D eigenvalue weighted by Gasteiger charge is 2.31. The van der Waals surface area contributed by atoms with Crippen molar-refractivity contribution in [2.24, 2.45) is 11.8 Å². The Labute approximate surface area is 67.0 Å². The molecule has 0 bridgehead atoms. The molecule has 0 amide bonds. The molecule has 2 nitrogen and oxygen atoms in total. The number of rotatable bonds is 3. The lowest BCUT2D eigenvalue weighted by Crippen LogP contribution is -2.13. The number of hydrogen-bond acceptors (Lipinski definition) is 2. The van der Waals surface area contributed by atoms with Crippen molar-refractivity contribution in [3.63, 3.8) is 0 Å². The van der Waals surface area contributed by atoms with Gasteiger partial charge in [0.1, 0.15) is 12.1 Å². The third-order valence-corrected chi connectivity index (χ3v) is 2.54. The van der Waals surface area contributed by atoms with Gasteiger partial charge < -0.3 is 4.79 Å². The van der Waals surface area contributed by atoms with Gasteiger partial charge in [-0.05, 0) is 19.3 Å². The molecular formula is C9H14O2. The molecule has 2 heteroatoms. The molecule has 0 N–H and O–H groups in total. The van der Waals surface area contributed by atoms with Crippen LogP contribution in [0.25, 0.3) is 0 Å². The van der Waals surface area contributed by atoms with Gasteiger partial charge in [-0.2, -0.15) is 0 Å². The minimum atomic E-state index is 0.0532. The molecular weight excluding hydrogens is 140 g/mol. The first-order valence-electron chi connectivity index (χ1n) is 4.27. The van der Waals surface area contributed by atoms with Gasteiger partial charge in [0.2, 0.25) is 0 Å². The standard InChI is InChI=1S/C9H14O2/c1-2-7-3-4-8(5-6-10)9(7)11/h6-8H,2-5H2,1H3. The van der Waals surface area contributed by atoms with E-state index in [2.05, 4.69) is 0 Å². The van der Waals surface area contributed by atoms with Crippen molar-refractivity contribution in [3.8, 4) is 0 Å². The maximum absolute atomic E-state index is 11.4. The maximum atomic E-state index is 11.4. The van der Waals surface area contributed by atoms with Gasteiger partial charge in [-0.3, -0.25) is 4.79 Å². The van der Waals surface area contributed by atoms with Crippen molar-refractivity contribution in [2.45, 2.75) is 32.6 Å². The number of ketones is 1. The molecule has 0 spiro atoms. The topological polar surface area (TPSA) is 34.1 Å². The summed E-state index contributed by atoms with van der Waals surface area (Å²) >= 11 is 0. The highest BCUT2D eigenvalue weighted by Crippen LogP contribution is 2.30. The van der Waals surface area contributed by atoms with Gasteiger partial charge in [-0.1, -0.05) is 6.92 Å². The molecule has 0 aromatic rings. The van der Waals surface area contributed by atoms with Crippen LogP contribution in [0.1, 0.15) is 32.6 Å². The first kappa shape index (κ1) is 8.44. The van der Waals surface area contributed by atoms with Crippen molar-refractivity contribution in [1.82, 2.24) is 0 Å². The lowest BCUT2D eigenvalue weighted by molar-refractivity contribution is -0.125. The summed E-state index contributed by atoms with van der Waals surface area (Å²) < 4.78 is 0. The zero-order chi connectivity index (χ0) is 8.27. The van der Waals surface area contributed by atoms with Crippen molar-refractivity contribution >= 4 is 12.1 Å². The summed E-state index contributed by atoms with van der Waals surface area (Å²) in [4.78, 5) is 21.5. The van der Waals surface area contributed by atoms with E-state index >= 15 is 0 Å². The summed E-state index contributed by atoms with van der Waals surface area (Å²) in [5.74, 6) is 0.622. The Kier molecular flexibility index (Phi) is 2.80. The molecule has 0 aromatic heterocycles. The first-order chi connectivity index (χ1) is 5.29. The molecule has 1 rings (SSSR count). The smallest absolute Gasteiger partial charge is 0.139 e. The van der Waals surface area contributed by atoms with Gasteiger partial charge in [0.15, 0.2) is 0 Å². The largest absolute Gasteiger partial charge is 0.303 e. The Hall–Kier alpha value is -0.660. The SMILES string of the molecule is CCC1CCC(CC=O)C1=O. The molecule has 0 aliphatic heterocycles. The van der Waals surface area contributed by atoms with E-state index in [1.807, 2.05) is 6.92 Å². The van der Waals surface area contributed by atoms with Crippen LogP contribution in [-0.4, -0.2) is 12.1 Å². The van der Waals surface area contributed by atoms with Gasteiger partial charge >= 0.3 is 0 Å². The second kappa shape index (κ2) is 3.65. The van der Waals surface area contributed by atoms with E-state index in [1.165, 1.54) is 0 Å². The number of Topliss-reactive ketones (excluding diaryl/α,β-unsaturated/α-hetero) is 1. The van der Waals surface area contributed by atoms with Gasteiger partial charge in [0.25, 0.3) is 0 Å². The third-order valence-electron chi connectivity index (χ3n) is 2.54. The van der Waals surface area contributed by atoms with Crippen LogP contribution in [-0.2, 0) is 9.59 Å². The van der Waals surface area contributed by atoms with Crippen LogP contribution in [0.4, 0.5) is 0 Å². The molecule has 0 aromatic carbocycles. The number of carbonyl (C=O) groups is 2. The molecule has 0 saturated heterocycles. The maximum Gasteiger partial charge on any atom is 0.139 e. The minimum Gasteiger partial charge on any atom is -0.303 e. The Bertz CT molecular complexity index is 163.